The molecule has 0 spiro atoms. The summed E-state index contributed by atoms with van der Waals surface area (Å²) in [5.74, 6) is -5.02. The number of carboxylic acid groups (broad SMARTS) is 3. The van der Waals surface area contributed by atoms with E-state index in [0.29, 0.717) is 25.8 Å². The van der Waals surface area contributed by atoms with Crippen molar-refractivity contribution in [2.75, 3.05) is 26.2 Å². The zero-order chi connectivity index (χ0) is 29.5. The van der Waals surface area contributed by atoms with Crippen LogP contribution in [0.3, 0.4) is 0 Å². The summed E-state index contributed by atoms with van der Waals surface area (Å²) < 4.78 is 0.189. The van der Waals surface area contributed by atoms with Crippen LogP contribution >= 0.6 is 0 Å². The van der Waals surface area contributed by atoms with Gasteiger partial charge in [0.05, 0.1) is 32.1 Å². The number of quaternary nitrogens is 1. The molecule has 0 aliphatic rings. The minimum absolute atomic E-state index is 0.189. The van der Waals surface area contributed by atoms with E-state index < -0.39 is 35.7 Å². The molecule has 0 fully saturated rings. The zero-order valence-electron chi connectivity index (χ0n) is 25.5. The fourth-order valence-electron chi connectivity index (χ4n) is 5.56. The molecule has 2 N–H and O–H groups in total. The number of aliphatic carboxylic acids is 3. The van der Waals surface area contributed by atoms with Crippen molar-refractivity contribution in [3.63, 3.8) is 0 Å². The number of hydrogen-bond donors (Lipinski definition) is 2. The number of hydrogen-bond acceptors (Lipinski definition) is 4. The quantitative estimate of drug-likeness (QED) is 0.0686. The fourth-order valence-corrected chi connectivity index (χ4v) is 5.56. The monoisotopic (exact) mass is 553 g/mol. The first-order chi connectivity index (χ1) is 18.7. The van der Waals surface area contributed by atoms with Gasteiger partial charge in [-0.2, -0.15) is 0 Å². The van der Waals surface area contributed by atoms with E-state index >= 15 is 0 Å². The lowest BCUT2D eigenvalue weighted by Gasteiger charge is -2.44. The molecule has 0 aliphatic carbocycles. The van der Waals surface area contributed by atoms with Crippen LogP contribution < -0.4 is 5.11 Å². The average molecular weight is 554 g/mol. The van der Waals surface area contributed by atoms with Crippen molar-refractivity contribution in [2.24, 2.45) is 17.8 Å². The lowest BCUT2D eigenvalue weighted by molar-refractivity contribution is -0.935. The molecule has 7 nitrogen and oxygen atoms in total. The first kappa shape index (κ1) is 37.1. The number of rotatable bonds is 27. The van der Waals surface area contributed by atoms with Gasteiger partial charge in [-0.15, -0.1) is 0 Å². The Morgan fingerprint density at radius 3 is 1.38 bits per heavy atom. The van der Waals surface area contributed by atoms with Crippen molar-refractivity contribution >= 4 is 17.9 Å². The standard InChI is InChI=1S/C32H59NO6/c1-5-9-10-11-12-13-14-15-16-17-18-19-20-21-22-23-33(24-27(6-2)30(34)35,25-28(7-3)31(36)37)26-29(8-4)32(38)39/h19-20,27-29H,5-18,21-26H2,1-4H3,(H2-,34,35,36,37,38,39)/b20-19+. The molecule has 0 aromatic heterocycles. The third kappa shape index (κ3) is 17.4. The highest BCUT2D eigenvalue weighted by Gasteiger charge is 2.39. The molecule has 0 bridgehead atoms. The molecular formula is C32H59NO6. The van der Waals surface area contributed by atoms with Crippen LogP contribution in [0.15, 0.2) is 12.2 Å². The van der Waals surface area contributed by atoms with Gasteiger partial charge in [-0.25, -0.2) is 0 Å². The third-order valence-electron chi connectivity index (χ3n) is 8.23. The highest BCUT2D eigenvalue weighted by molar-refractivity contribution is 5.70. The van der Waals surface area contributed by atoms with E-state index in [0.717, 1.165) is 19.3 Å². The third-order valence-corrected chi connectivity index (χ3v) is 8.23. The van der Waals surface area contributed by atoms with Crippen molar-refractivity contribution in [1.29, 1.82) is 0 Å². The van der Waals surface area contributed by atoms with Gasteiger partial charge in [0.1, 0.15) is 11.8 Å². The summed E-state index contributed by atoms with van der Waals surface area (Å²) in [6.45, 7) is 8.90. The van der Waals surface area contributed by atoms with Crippen LogP contribution in [0.4, 0.5) is 0 Å². The summed E-state index contributed by atoms with van der Waals surface area (Å²) in [7, 11) is 0. The molecule has 0 amide bonds. The normalized spacial score (nSPS) is 15.6. The highest BCUT2D eigenvalue weighted by Crippen LogP contribution is 2.25. The number of carboxylic acids is 3. The number of unbranched alkanes of at least 4 members (excludes halogenated alkanes) is 11. The van der Waals surface area contributed by atoms with E-state index in [1.807, 2.05) is 13.8 Å². The van der Waals surface area contributed by atoms with Crippen molar-refractivity contribution in [1.82, 2.24) is 0 Å². The lowest BCUT2D eigenvalue weighted by atomic mass is 9.95. The predicted octanol–water partition coefficient (Wildman–Crippen LogP) is 6.45. The molecule has 0 heterocycles. The van der Waals surface area contributed by atoms with Gasteiger partial charge in [0.2, 0.25) is 0 Å². The second-order valence-corrected chi connectivity index (χ2v) is 11.5. The largest absolute Gasteiger partial charge is 0.550 e. The Balaban J connectivity index is 5.03. The van der Waals surface area contributed by atoms with Crippen molar-refractivity contribution < 1.29 is 34.2 Å². The van der Waals surface area contributed by atoms with Gasteiger partial charge in [-0.05, 0) is 38.5 Å². The Labute approximate surface area is 238 Å². The van der Waals surface area contributed by atoms with Gasteiger partial charge in [0.25, 0.3) is 0 Å². The first-order valence-electron chi connectivity index (χ1n) is 15.8. The molecule has 0 saturated heterocycles. The van der Waals surface area contributed by atoms with Crippen LogP contribution in [-0.4, -0.2) is 58.8 Å². The van der Waals surface area contributed by atoms with Crippen molar-refractivity contribution in [3.05, 3.63) is 12.2 Å². The molecule has 0 rings (SSSR count). The van der Waals surface area contributed by atoms with Gasteiger partial charge in [-0.1, -0.05) is 97.6 Å². The smallest absolute Gasteiger partial charge is 0.312 e. The molecule has 0 saturated carbocycles. The van der Waals surface area contributed by atoms with E-state index in [4.69, 9.17) is 0 Å². The number of nitrogens with zero attached hydrogens (tertiary/aromatic N) is 1. The van der Waals surface area contributed by atoms with Crippen LogP contribution in [-0.2, 0) is 14.4 Å². The van der Waals surface area contributed by atoms with E-state index in [2.05, 4.69) is 19.1 Å². The van der Waals surface area contributed by atoms with Crippen LogP contribution in [0.5, 0.6) is 0 Å². The second-order valence-electron chi connectivity index (χ2n) is 11.5. The van der Waals surface area contributed by atoms with E-state index in [-0.39, 0.29) is 24.1 Å². The molecule has 7 heteroatoms. The maximum absolute atomic E-state index is 11.9. The Hall–Kier alpha value is -1.89. The Kier molecular flexibility index (Phi) is 21.8. The number of carbonyl (C=O) groups is 3. The lowest BCUT2D eigenvalue weighted by Crippen LogP contribution is -2.59. The Morgan fingerprint density at radius 2 is 1.00 bits per heavy atom. The minimum Gasteiger partial charge on any atom is -0.550 e. The predicted molar refractivity (Wildman–Crippen MR) is 156 cm³/mol. The Morgan fingerprint density at radius 1 is 0.615 bits per heavy atom. The van der Waals surface area contributed by atoms with Crippen LogP contribution in [0.2, 0.25) is 0 Å². The van der Waals surface area contributed by atoms with Crippen LogP contribution in [0.25, 0.3) is 0 Å². The molecule has 228 valence electrons. The maximum Gasteiger partial charge on any atom is 0.312 e. The van der Waals surface area contributed by atoms with Gasteiger partial charge in [0.15, 0.2) is 0 Å². The maximum atomic E-state index is 11.9. The summed E-state index contributed by atoms with van der Waals surface area (Å²) in [4.78, 5) is 35.7. The first-order valence-corrected chi connectivity index (χ1v) is 15.8. The van der Waals surface area contributed by atoms with Gasteiger partial charge >= 0.3 is 11.9 Å². The topological polar surface area (TPSA) is 115 Å². The molecule has 0 aromatic rings. The molecular weight excluding hydrogens is 494 g/mol. The summed E-state index contributed by atoms with van der Waals surface area (Å²) in [5.41, 5.74) is 0. The highest BCUT2D eigenvalue weighted by atomic mass is 16.4. The second kappa shape index (κ2) is 22.9. The van der Waals surface area contributed by atoms with E-state index in [9.17, 15) is 29.7 Å². The minimum atomic E-state index is -1.15. The zero-order valence-corrected chi connectivity index (χ0v) is 25.5. The summed E-state index contributed by atoms with van der Waals surface area (Å²) in [5, 5.41) is 31.4. The summed E-state index contributed by atoms with van der Waals surface area (Å²) in [6, 6.07) is 0. The summed E-state index contributed by atoms with van der Waals surface area (Å²) >= 11 is 0. The van der Waals surface area contributed by atoms with E-state index in [1.165, 1.54) is 64.2 Å². The van der Waals surface area contributed by atoms with Gasteiger partial charge in [-0.3, -0.25) is 9.59 Å². The van der Waals surface area contributed by atoms with Crippen molar-refractivity contribution in [2.45, 2.75) is 130 Å². The number of allylic oxidation sites excluding steroid dienone is 2. The summed E-state index contributed by atoms with van der Waals surface area (Å²) in [6.07, 6.45) is 21.4. The van der Waals surface area contributed by atoms with Gasteiger partial charge in [0, 0.05) is 12.3 Å². The van der Waals surface area contributed by atoms with Crippen LogP contribution in [0.1, 0.15) is 130 Å². The number of carbonyl (C=O) groups excluding carboxylic acids is 1. The molecule has 0 aromatic carbocycles. The average Bonchev–Trinajstić information content (AvgIpc) is 2.90. The van der Waals surface area contributed by atoms with Crippen molar-refractivity contribution in [3.8, 4) is 0 Å². The van der Waals surface area contributed by atoms with E-state index in [1.54, 1.807) is 6.92 Å². The Bertz CT molecular complexity index is 632. The molecule has 0 radical (unpaired) electrons. The fraction of sp³-hybridized carbons (Fsp3) is 0.844. The molecule has 3 atom stereocenters. The molecule has 39 heavy (non-hydrogen) atoms. The van der Waals surface area contributed by atoms with Crippen LogP contribution in [0, 0.1) is 17.8 Å². The SMILES string of the molecule is CCCCCCCCCCCC/C=C/CCC[N+](CC(CC)C(=O)[O-])(CC(CC)C(=O)O)CC(CC)C(=O)O. The molecule has 0 aliphatic heterocycles. The van der Waals surface area contributed by atoms with Gasteiger partial charge < -0.3 is 24.6 Å². The molecule has 3 unspecified atom stereocenters.